The van der Waals surface area contributed by atoms with Crippen molar-refractivity contribution in [3.63, 3.8) is 0 Å². The molecule has 5 aliphatic heterocycles. The average molecular weight is 999 g/mol. The van der Waals surface area contributed by atoms with E-state index in [1.165, 1.54) is 33.9 Å². The number of piperidine rings is 2. The van der Waals surface area contributed by atoms with Crippen molar-refractivity contribution in [2.45, 2.75) is 82.8 Å². The maximum absolute atomic E-state index is 16.1. The lowest BCUT2D eigenvalue weighted by Crippen LogP contribution is -2.54. The van der Waals surface area contributed by atoms with Crippen LogP contribution in [0.5, 0.6) is 0 Å². The van der Waals surface area contributed by atoms with E-state index in [1.807, 2.05) is 41.6 Å². The molecule has 3 saturated heterocycles. The second-order valence-electron chi connectivity index (χ2n) is 21.0. The predicted molar refractivity (Wildman–Crippen MR) is 271 cm³/mol. The molecule has 8 heterocycles. The Morgan fingerprint density at radius 2 is 1.63 bits per heavy atom. The Labute approximate surface area is 421 Å². The van der Waals surface area contributed by atoms with Crippen LogP contribution in [0.4, 0.5) is 24.5 Å². The third-order valence-corrected chi connectivity index (χ3v) is 16.7. The summed E-state index contributed by atoms with van der Waals surface area (Å²) in [6.45, 7) is 11.0. The molecule has 0 bridgehead atoms. The topological polar surface area (TPSA) is 148 Å². The zero-order valence-electron chi connectivity index (χ0n) is 41.8. The fourth-order valence-electron chi connectivity index (χ4n) is 12.3. The number of pyridine rings is 2. The van der Waals surface area contributed by atoms with Crippen LogP contribution >= 0.6 is 0 Å². The summed E-state index contributed by atoms with van der Waals surface area (Å²) in [4.78, 5) is 80.0. The number of benzene rings is 2. The molecule has 4 fully saturated rings. The summed E-state index contributed by atoms with van der Waals surface area (Å²) in [5.41, 5.74) is 5.56. The number of anilines is 2. The molecule has 1 spiro atoms. The van der Waals surface area contributed by atoms with Crippen molar-refractivity contribution < 1.29 is 32.3 Å². The molecule has 2 N–H and O–H groups in total. The van der Waals surface area contributed by atoms with Gasteiger partial charge in [-0.25, -0.2) is 18.2 Å². The van der Waals surface area contributed by atoms with Gasteiger partial charge < -0.3 is 19.7 Å². The molecule has 5 aromatic rings. The number of hydrogen-bond acceptors (Lipinski definition) is 10. The Hall–Kier alpha value is -6.63. The summed E-state index contributed by atoms with van der Waals surface area (Å²) < 4.78 is 50.0. The Kier molecular flexibility index (Phi) is 12.7. The summed E-state index contributed by atoms with van der Waals surface area (Å²) in [6, 6.07) is 10.5. The lowest BCUT2D eigenvalue weighted by atomic mass is 9.92. The van der Waals surface area contributed by atoms with Crippen molar-refractivity contribution in [3.05, 3.63) is 122 Å². The van der Waals surface area contributed by atoms with Crippen LogP contribution in [0.3, 0.4) is 0 Å². The van der Waals surface area contributed by atoms with Crippen LogP contribution in [-0.2, 0) is 33.4 Å². The zero-order chi connectivity index (χ0) is 51.0. The van der Waals surface area contributed by atoms with Crippen LogP contribution in [0.25, 0.3) is 22.3 Å². The molecule has 15 nitrogen and oxygen atoms in total. The molecule has 3 aromatic heterocycles. The van der Waals surface area contributed by atoms with Crippen LogP contribution in [-0.4, -0.2) is 129 Å². The molecule has 0 radical (unpaired) electrons. The zero-order valence-corrected chi connectivity index (χ0v) is 41.8. The highest BCUT2D eigenvalue weighted by atomic mass is 19.1. The molecule has 4 amide bonds. The number of hydrogen-bond donors (Lipinski definition) is 2. The maximum atomic E-state index is 16.1. The van der Waals surface area contributed by atoms with E-state index < -0.39 is 34.8 Å². The highest BCUT2D eigenvalue weighted by Crippen LogP contribution is 2.58. The smallest absolute Gasteiger partial charge is 0.257 e. The fraction of sp³-hybridized carbons (Fsp3) is 0.455. The van der Waals surface area contributed by atoms with E-state index in [0.29, 0.717) is 91.6 Å². The SMILES string of the molecule is CNc1cc(=O)n(-c2ccnc3c2cc([C@H](C)N2CC=C(c4c(C)cc(C(=O)N5CCC(CN6CCN(Cc7cc8c(cc7F)N(C7CCC(=O)NC7=O)C(=O)C87CC7)CC6)CC5)cc4F)CC2)n3C)cc1F. The number of carbonyl (C=O) groups excluding carboxylic acids is 4. The van der Waals surface area contributed by atoms with Crippen molar-refractivity contribution >= 4 is 51.6 Å². The van der Waals surface area contributed by atoms with Gasteiger partial charge in [-0.3, -0.25) is 48.6 Å². The van der Waals surface area contributed by atoms with Crippen LogP contribution in [0.15, 0.2) is 65.7 Å². The van der Waals surface area contributed by atoms with Crippen molar-refractivity contribution in [3.8, 4) is 5.69 Å². The first-order valence-corrected chi connectivity index (χ1v) is 25.6. The van der Waals surface area contributed by atoms with Crippen molar-refractivity contribution in [1.82, 2.24) is 39.0 Å². The quantitative estimate of drug-likeness (QED) is 0.147. The number of carbonyl (C=O) groups is 4. The van der Waals surface area contributed by atoms with Gasteiger partial charge in [0.25, 0.3) is 11.5 Å². The monoisotopic (exact) mass is 998 g/mol. The first-order valence-electron chi connectivity index (χ1n) is 25.6. The van der Waals surface area contributed by atoms with Gasteiger partial charge in [0.05, 0.1) is 28.7 Å². The second-order valence-corrected chi connectivity index (χ2v) is 21.0. The van der Waals surface area contributed by atoms with Gasteiger partial charge in [-0.1, -0.05) is 6.08 Å². The Morgan fingerprint density at radius 3 is 2.32 bits per heavy atom. The number of fused-ring (bicyclic) bond motifs is 3. The van der Waals surface area contributed by atoms with E-state index in [1.54, 1.807) is 19.3 Å². The third kappa shape index (κ3) is 8.73. The van der Waals surface area contributed by atoms with E-state index in [0.717, 1.165) is 73.3 Å². The summed E-state index contributed by atoms with van der Waals surface area (Å²) in [6.07, 6.45) is 8.88. The Bertz CT molecular complexity index is 3160. The molecule has 1 saturated carbocycles. The molecule has 382 valence electrons. The fourth-order valence-corrected chi connectivity index (χ4v) is 12.3. The molecule has 1 aliphatic carbocycles. The molecule has 2 atom stereocenters. The van der Waals surface area contributed by atoms with Gasteiger partial charge in [0, 0.05) is 132 Å². The van der Waals surface area contributed by atoms with Gasteiger partial charge in [0.2, 0.25) is 17.7 Å². The molecule has 18 heteroatoms. The number of nitrogens with zero attached hydrogens (tertiary/aromatic N) is 8. The number of piperazine rings is 1. The number of imide groups is 1. The molecular weight excluding hydrogens is 938 g/mol. The number of nitrogens with one attached hydrogen (secondary N) is 2. The predicted octanol–water partition coefficient (Wildman–Crippen LogP) is 6.20. The Balaban J connectivity index is 0.670. The van der Waals surface area contributed by atoms with Gasteiger partial charge >= 0.3 is 0 Å². The van der Waals surface area contributed by atoms with E-state index in [-0.39, 0.29) is 47.9 Å². The number of amides is 4. The first kappa shape index (κ1) is 48.6. The van der Waals surface area contributed by atoms with Gasteiger partial charge in [0.15, 0.2) is 5.82 Å². The van der Waals surface area contributed by atoms with Gasteiger partial charge in [-0.2, -0.15) is 0 Å². The summed E-state index contributed by atoms with van der Waals surface area (Å²) in [5.74, 6) is -2.12. The van der Waals surface area contributed by atoms with Crippen molar-refractivity contribution in [1.29, 1.82) is 0 Å². The minimum absolute atomic E-state index is 0.0557. The van der Waals surface area contributed by atoms with Crippen LogP contribution in [0.1, 0.15) is 96.2 Å². The maximum Gasteiger partial charge on any atom is 0.257 e. The largest absolute Gasteiger partial charge is 0.386 e. The number of likely N-dealkylation sites (tertiary alicyclic amines) is 1. The van der Waals surface area contributed by atoms with E-state index in [2.05, 4.69) is 43.3 Å². The molecular formula is C55H61F3N10O5. The van der Waals surface area contributed by atoms with E-state index in [9.17, 15) is 28.4 Å². The normalized spacial score (nSPS) is 21.2. The first-order chi connectivity index (χ1) is 35.1. The summed E-state index contributed by atoms with van der Waals surface area (Å²) >= 11 is 0. The van der Waals surface area contributed by atoms with E-state index >= 15 is 8.78 Å². The standard InChI is InChI=1S/C55H61F3N10O5/c1-32-23-36(25-41(57)50(32)35-10-17-65(18-11-35)33(2)46-26-38-44(7-14-60-51(38)62(46)4)67-31-42(58)43(59-3)28-49(67)70)53(72)66-15-8-34(9-16-66)29-63-19-21-64(22-20-63)30-37-24-39-47(27-40(37)56)68(54(73)55(39)12-13-55)45-5-6-48(69)61-52(45)71/h7,10,14,23-28,31,33-34,45,59H,5-6,8-9,11-13,15-22,29-30H2,1-4H3,(H,61,69,71)/t33-,45?/m0/s1. The minimum Gasteiger partial charge on any atom is -0.386 e. The van der Waals surface area contributed by atoms with Gasteiger partial charge in [-0.05, 0) is 111 Å². The van der Waals surface area contributed by atoms with Crippen molar-refractivity contribution in [2.75, 3.05) is 76.2 Å². The number of aromatic nitrogens is 3. The molecule has 2 aromatic carbocycles. The number of aryl methyl sites for hydroxylation is 2. The van der Waals surface area contributed by atoms with Crippen LogP contribution < -0.4 is 21.1 Å². The lowest BCUT2D eigenvalue weighted by Gasteiger charge is -2.39. The van der Waals surface area contributed by atoms with E-state index in [4.69, 9.17) is 0 Å². The molecule has 11 rings (SSSR count). The van der Waals surface area contributed by atoms with Crippen LogP contribution in [0, 0.1) is 30.3 Å². The van der Waals surface area contributed by atoms with Gasteiger partial charge in [-0.15, -0.1) is 0 Å². The number of halogens is 3. The molecule has 73 heavy (non-hydrogen) atoms. The third-order valence-electron chi connectivity index (χ3n) is 16.7. The van der Waals surface area contributed by atoms with Gasteiger partial charge in [0.1, 0.15) is 23.3 Å². The Morgan fingerprint density at radius 1 is 0.877 bits per heavy atom. The minimum atomic E-state index is -0.821. The average Bonchev–Trinajstić information content (AvgIpc) is 4.09. The highest BCUT2D eigenvalue weighted by Gasteiger charge is 2.61. The second kappa shape index (κ2) is 19.0. The highest BCUT2D eigenvalue weighted by molar-refractivity contribution is 6.15. The van der Waals surface area contributed by atoms with Crippen LogP contribution in [0.2, 0.25) is 0 Å². The summed E-state index contributed by atoms with van der Waals surface area (Å²) in [7, 11) is 3.49. The molecule has 6 aliphatic rings. The lowest BCUT2D eigenvalue weighted by molar-refractivity contribution is -0.135. The summed E-state index contributed by atoms with van der Waals surface area (Å²) in [5, 5.41) is 5.78. The van der Waals surface area contributed by atoms with Crippen molar-refractivity contribution in [2.24, 2.45) is 13.0 Å². The molecule has 1 unspecified atom stereocenters. The number of rotatable bonds is 11.